The number of rotatable bonds is 5. The number of benzene rings is 2. The number of methoxy groups -OCH3 is 1. The van der Waals surface area contributed by atoms with Crippen LogP contribution in [0.2, 0.25) is 0 Å². The third kappa shape index (κ3) is 3.97. The Morgan fingerprint density at radius 3 is 2.48 bits per heavy atom. The van der Waals surface area contributed by atoms with Crippen LogP contribution in [-0.4, -0.2) is 13.1 Å². The largest absolute Gasteiger partial charge is 0.495 e. The van der Waals surface area contributed by atoms with Crippen molar-refractivity contribution < 1.29 is 9.53 Å². The Balaban J connectivity index is 1.96. The van der Waals surface area contributed by atoms with Crippen molar-refractivity contribution in [2.75, 3.05) is 12.4 Å². The molecule has 0 fully saturated rings. The summed E-state index contributed by atoms with van der Waals surface area (Å²) in [5.41, 5.74) is 8.34. The summed E-state index contributed by atoms with van der Waals surface area (Å²) in [6, 6.07) is 14.7. The van der Waals surface area contributed by atoms with Crippen LogP contribution in [0.1, 0.15) is 11.1 Å². The van der Waals surface area contributed by atoms with E-state index in [4.69, 9.17) is 10.5 Å². The lowest BCUT2D eigenvalue weighted by Gasteiger charge is -2.12. The normalized spacial score (nSPS) is 10.0. The van der Waals surface area contributed by atoms with Crippen molar-refractivity contribution in [2.24, 2.45) is 5.73 Å². The molecule has 110 valence electrons. The van der Waals surface area contributed by atoms with E-state index < -0.39 is 0 Å². The maximum absolute atomic E-state index is 11.9. The van der Waals surface area contributed by atoms with Crippen LogP contribution in [0.15, 0.2) is 48.5 Å². The minimum absolute atomic E-state index is 0.286. The van der Waals surface area contributed by atoms with Gasteiger partial charge >= 0.3 is 6.03 Å². The molecule has 0 aliphatic rings. The van der Waals surface area contributed by atoms with Crippen molar-refractivity contribution >= 4 is 11.7 Å². The van der Waals surface area contributed by atoms with Gasteiger partial charge in [0.15, 0.2) is 0 Å². The summed E-state index contributed by atoms with van der Waals surface area (Å²) >= 11 is 0. The Kier molecular flexibility index (Phi) is 5.17. The van der Waals surface area contributed by atoms with Crippen LogP contribution in [0.5, 0.6) is 5.75 Å². The van der Waals surface area contributed by atoms with Crippen LogP contribution >= 0.6 is 0 Å². The second-order valence-electron chi connectivity index (χ2n) is 4.48. The smallest absolute Gasteiger partial charge is 0.319 e. The predicted octanol–water partition coefficient (Wildman–Crippen LogP) is 2.48. The van der Waals surface area contributed by atoms with E-state index in [9.17, 15) is 4.79 Å². The fourth-order valence-electron chi connectivity index (χ4n) is 2.02. The molecule has 0 bridgehead atoms. The Morgan fingerprint density at radius 2 is 1.76 bits per heavy atom. The number of hydrogen-bond acceptors (Lipinski definition) is 3. The van der Waals surface area contributed by atoms with Crippen molar-refractivity contribution in [3.05, 3.63) is 59.7 Å². The van der Waals surface area contributed by atoms with Gasteiger partial charge in [-0.05, 0) is 23.3 Å². The molecule has 0 heterocycles. The summed E-state index contributed by atoms with van der Waals surface area (Å²) in [5.74, 6) is 0.620. The molecule has 2 rings (SSSR count). The number of para-hydroxylation sites is 2. The number of anilines is 1. The Bertz CT molecular complexity index is 614. The molecule has 0 saturated carbocycles. The molecule has 5 heteroatoms. The maximum Gasteiger partial charge on any atom is 0.319 e. The molecule has 4 N–H and O–H groups in total. The van der Waals surface area contributed by atoms with Gasteiger partial charge in [-0.1, -0.05) is 36.4 Å². The first-order valence-corrected chi connectivity index (χ1v) is 6.69. The Hall–Kier alpha value is -2.53. The number of carbonyl (C=O) groups is 1. The quantitative estimate of drug-likeness (QED) is 0.790. The van der Waals surface area contributed by atoms with Gasteiger partial charge in [0.1, 0.15) is 5.75 Å². The zero-order chi connectivity index (χ0) is 15.1. The molecule has 0 unspecified atom stereocenters. The monoisotopic (exact) mass is 285 g/mol. The standard InChI is InChI=1S/C16H19N3O2/c1-21-15-9-5-4-8-14(15)19-16(20)18-11-13-7-3-2-6-12(13)10-17/h2-9H,10-11,17H2,1H3,(H2,18,19,20). The van der Waals surface area contributed by atoms with E-state index in [2.05, 4.69) is 10.6 Å². The molecular weight excluding hydrogens is 266 g/mol. The number of amides is 2. The van der Waals surface area contributed by atoms with Crippen LogP contribution in [0.3, 0.4) is 0 Å². The SMILES string of the molecule is COc1ccccc1NC(=O)NCc1ccccc1CN. The molecule has 0 radical (unpaired) electrons. The third-order valence-electron chi connectivity index (χ3n) is 3.13. The van der Waals surface area contributed by atoms with Gasteiger partial charge in [0.25, 0.3) is 0 Å². The van der Waals surface area contributed by atoms with Crippen molar-refractivity contribution in [2.45, 2.75) is 13.1 Å². The van der Waals surface area contributed by atoms with Crippen molar-refractivity contribution in [1.29, 1.82) is 0 Å². The van der Waals surface area contributed by atoms with E-state index in [1.165, 1.54) is 0 Å². The molecule has 0 aromatic heterocycles. The van der Waals surface area contributed by atoms with E-state index in [1.54, 1.807) is 19.2 Å². The van der Waals surface area contributed by atoms with Gasteiger partial charge in [-0.25, -0.2) is 4.79 Å². The zero-order valence-corrected chi connectivity index (χ0v) is 11.9. The van der Waals surface area contributed by atoms with Crippen LogP contribution in [0.25, 0.3) is 0 Å². The number of nitrogens with two attached hydrogens (primary N) is 1. The number of carbonyl (C=O) groups excluding carboxylic acids is 1. The highest BCUT2D eigenvalue weighted by Crippen LogP contribution is 2.22. The topological polar surface area (TPSA) is 76.4 Å². The summed E-state index contributed by atoms with van der Waals surface area (Å²) in [6.07, 6.45) is 0. The molecule has 0 saturated heterocycles. The molecule has 0 aliphatic heterocycles. The van der Waals surface area contributed by atoms with Crippen LogP contribution in [0, 0.1) is 0 Å². The number of nitrogens with one attached hydrogen (secondary N) is 2. The van der Waals surface area contributed by atoms with E-state index in [-0.39, 0.29) is 6.03 Å². The average molecular weight is 285 g/mol. The first kappa shape index (κ1) is 14.9. The van der Waals surface area contributed by atoms with Gasteiger partial charge < -0.3 is 21.1 Å². The lowest BCUT2D eigenvalue weighted by molar-refractivity contribution is 0.251. The second-order valence-corrected chi connectivity index (χ2v) is 4.48. The van der Waals surface area contributed by atoms with Gasteiger partial charge in [-0.3, -0.25) is 0 Å². The molecule has 2 amide bonds. The fraction of sp³-hybridized carbons (Fsp3) is 0.188. The van der Waals surface area contributed by atoms with Crippen LogP contribution in [-0.2, 0) is 13.1 Å². The first-order chi connectivity index (χ1) is 10.2. The maximum atomic E-state index is 11.9. The molecule has 21 heavy (non-hydrogen) atoms. The van der Waals surface area contributed by atoms with Crippen molar-refractivity contribution in [3.63, 3.8) is 0 Å². The molecule has 0 atom stereocenters. The number of hydrogen-bond donors (Lipinski definition) is 3. The molecule has 0 aliphatic carbocycles. The second kappa shape index (κ2) is 7.31. The summed E-state index contributed by atoms with van der Waals surface area (Å²) in [7, 11) is 1.57. The highest BCUT2D eigenvalue weighted by atomic mass is 16.5. The van der Waals surface area contributed by atoms with Gasteiger partial charge in [-0.15, -0.1) is 0 Å². The Morgan fingerprint density at radius 1 is 1.10 bits per heavy atom. The highest BCUT2D eigenvalue weighted by Gasteiger charge is 2.07. The minimum atomic E-state index is -0.286. The molecule has 2 aromatic rings. The van der Waals surface area contributed by atoms with E-state index >= 15 is 0 Å². The lowest BCUT2D eigenvalue weighted by Crippen LogP contribution is -2.28. The van der Waals surface area contributed by atoms with Crippen molar-refractivity contribution in [1.82, 2.24) is 5.32 Å². The fourth-order valence-corrected chi connectivity index (χ4v) is 2.02. The first-order valence-electron chi connectivity index (χ1n) is 6.69. The van der Waals surface area contributed by atoms with E-state index in [1.807, 2.05) is 36.4 Å². The molecule has 0 spiro atoms. The number of urea groups is 1. The third-order valence-corrected chi connectivity index (χ3v) is 3.13. The summed E-state index contributed by atoms with van der Waals surface area (Å²) < 4.78 is 5.19. The van der Waals surface area contributed by atoms with Crippen LogP contribution < -0.4 is 21.1 Å². The predicted molar refractivity (Wildman–Crippen MR) is 83.2 cm³/mol. The van der Waals surface area contributed by atoms with Crippen molar-refractivity contribution in [3.8, 4) is 5.75 Å². The summed E-state index contributed by atoms with van der Waals surface area (Å²) in [6.45, 7) is 0.875. The Labute approximate surface area is 124 Å². The lowest BCUT2D eigenvalue weighted by atomic mass is 10.1. The van der Waals surface area contributed by atoms with Crippen LogP contribution in [0.4, 0.5) is 10.5 Å². The average Bonchev–Trinajstić information content (AvgIpc) is 2.53. The van der Waals surface area contributed by atoms with E-state index in [0.29, 0.717) is 24.5 Å². The van der Waals surface area contributed by atoms with Gasteiger partial charge in [0.2, 0.25) is 0 Å². The van der Waals surface area contributed by atoms with E-state index in [0.717, 1.165) is 11.1 Å². The minimum Gasteiger partial charge on any atom is -0.495 e. The van der Waals surface area contributed by atoms with Gasteiger partial charge in [-0.2, -0.15) is 0 Å². The molecular formula is C16H19N3O2. The highest BCUT2D eigenvalue weighted by molar-refractivity contribution is 5.90. The summed E-state index contributed by atoms with van der Waals surface area (Å²) in [4.78, 5) is 11.9. The summed E-state index contributed by atoms with van der Waals surface area (Å²) in [5, 5.41) is 5.58. The number of ether oxygens (including phenoxy) is 1. The molecule has 5 nitrogen and oxygen atoms in total. The zero-order valence-electron chi connectivity index (χ0n) is 11.9. The van der Waals surface area contributed by atoms with Gasteiger partial charge in [0, 0.05) is 13.1 Å². The molecule has 2 aromatic carbocycles. The van der Waals surface area contributed by atoms with Gasteiger partial charge in [0.05, 0.1) is 12.8 Å².